The molecule has 2 aromatic rings. The van der Waals surface area contributed by atoms with Crippen molar-refractivity contribution >= 4 is 22.6 Å². The maximum Gasteiger partial charge on any atom is 0.175 e. The van der Waals surface area contributed by atoms with Gasteiger partial charge in [0.25, 0.3) is 0 Å². The fourth-order valence-electron chi connectivity index (χ4n) is 2.14. The third-order valence-corrected chi connectivity index (χ3v) is 3.46. The van der Waals surface area contributed by atoms with Crippen LogP contribution < -0.4 is 0 Å². The first-order valence-corrected chi connectivity index (χ1v) is 5.44. The number of benzene rings is 1. The predicted molar refractivity (Wildman–Crippen MR) is 59.9 cm³/mol. The summed E-state index contributed by atoms with van der Waals surface area (Å²) in [6.45, 7) is 0.804. The van der Waals surface area contributed by atoms with Crippen LogP contribution >= 0.6 is 11.6 Å². The normalized spacial score (nSPS) is 21.9. The molecule has 3 rings (SSSR count). The molecule has 2 heterocycles. The van der Waals surface area contributed by atoms with E-state index in [2.05, 4.69) is 17.2 Å². The average Bonchev–Trinajstić information content (AvgIpc) is 2.57. The molecule has 1 aliphatic rings. The Kier molecular flexibility index (Phi) is 2.01. The van der Waals surface area contributed by atoms with E-state index >= 15 is 0 Å². The highest BCUT2D eigenvalue weighted by atomic mass is 35.5. The Hall–Kier alpha value is -0.990. The molecule has 0 saturated carbocycles. The van der Waals surface area contributed by atoms with Gasteiger partial charge in [0.15, 0.2) is 6.26 Å². The molecule has 0 saturated heterocycles. The summed E-state index contributed by atoms with van der Waals surface area (Å²) in [7, 11) is 2.02. The number of hydrogen-bond acceptors (Lipinski definition) is 2. The number of halogens is 1. The van der Waals surface area contributed by atoms with E-state index in [9.17, 15) is 0 Å². The third-order valence-electron chi connectivity index (χ3n) is 2.97. The van der Waals surface area contributed by atoms with Crippen LogP contribution in [0.1, 0.15) is 11.1 Å². The second-order valence-corrected chi connectivity index (χ2v) is 4.53. The number of hydrogen-bond donors (Lipinski definition) is 0. The second kappa shape index (κ2) is 3.26. The van der Waals surface area contributed by atoms with Crippen molar-refractivity contribution in [2.24, 2.45) is 0 Å². The van der Waals surface area contributed by atoms with E-state index in [1.54, 1.807) is 0 Å². The van der Waals surface area contributed by atoms with Crippen molar-refractivity contribution in [2.45, 2.75) is 18.5 Å². The molecule has 1 aromatic carbocycles. The summed E-state index contributed by atoms with van der Waals surface area (Å²) >= 11 is 6.29. The fourth-order valence-corrected chi connectivity index (χ4v) is 2.37. The van der Waals surface area contributed by atoms with Crippen LogP contribution in [0.4, 0.5) is 0 Å². The molecule has 1 aromatic heterocycles. The first-order chi connectivity index (χ1) is 7.25. The second-order valence-electron chi connectivity index (χ2n) is 4.03. The molecule has 0 bridgehead atoms. The molecule has 2 nitrogen and oxygen atoms in total. The summed E-state index contributed by atoms with van der Waals surface area (Å²) in [5.74, 6) is 0. The molecule has 15 heavy (non-hydrogen) atoms. The zero-order valence-corrected chi connectivity index (χ0v) is 9.21. The standard InChI is InChI=1S/C12H11ClNO/c1-14-6-9-7-15-10-4-2-3-8(12(9)10)5-11(14)13/h2-4,11H,5-6H2,1H3. The first-order valence-electron chi connectivity index (χ1n) is 5.01. The van der Waals surface area contributed by atoms with Crippen LogP contribution in [0.15, 0.2) is 22.6 Å². The quantitative estimate of drug-likeness (QED) is 0.502. The molecular weight excluding hydrogens is 210 g/mol. The molecule has 0 spiro atoms. The number of likely N-dealkylation sites (N-methyl/N-ethyl adjacent to an activating group) is 1. The van der Waals surface area contributed by atoms with Crippen LogP contribution in [0.5, 0.6) is 0 Å². The van der Waals surface area contributed by atoms with E-state index in [4.69, 9.17) is 16.0 Å². The lowest BCUT2D eigenvalue weighted by Crippen LogP contribution is -2.26. The Bertz CT molecular complexity index is 505. The number of alkyl halides is 1. The van der Waals surface area contributed by atoms with Gasteiger partial charge in [-0.15, -0.1) is 11.6 Å². The predicted octanol–water partition coefficient (Wildman–Crippen LogP) is 2.79. The molecular formula is C12H11ClNO. The van der Waals surface area contributed by atoms with Crippen LogP contribution in [0.25, 0.3) is 11.0 Å². The summed E-state index contributed by atoms with van der Waals surface area (Å²) in [5, 5.41) is 1.20. The minimum Gasteiger partial charge on any atom is -0.452 e. The largest absolute Gasteiger partial charge is 0.452 e. The third kappa shape index (κ3) is 1.36. The van der Waals surface area contributed by atoms with E-state index in [1.165, 1.54) is 10.9 Å². The van der Waals surface area contributed by atoms with Crippen molar-refractivity contribution in [3.63, 3.8) is 0 Å². The van der Waals surface area contributed by atoms with E-state index in [0.717, 1.165) is 24.1 Å². The van der Waals surface area contributed by atoms with Gasteiger partial charge in [-0.3, -0.25) is 4.90 Å². The molecule has 1 unspecified atom stereocenters. The van der Waals surface area contributed by atoms with Gasteiger partial charge in [-0.05, 0) is 18.7 Å². The number of rotatable bonds is 0. The van der Waals surface area contributed by atoms with Crippen LogP contribution in [0.3, 0.4) is 0 Å². The summed E-state index contributed by atoms with van der Waals surface area (Å²) < 4.78 is 5.41. The molecule has 0 fully saturated rings. The molecule has 0 amide bonds. The van der Waals surface area contributed by atoms with E-state index < -0.39 is 0 Å². The van der Waals surface area contributed by atoms with Gasteiger partial charge in [-0.2, -0.15) is 0 Å². The lowest BCUT2D eigenvalue weighted by atomic mass is 10.1. The van der Waals surface area contributed by atoms with E-state index in [-0.39, 0.29) is 5.50 Å². The Balaban J connectivity index is 2.27. The highest BCUT2D eigenvalue weighted by Crippen LogP contribution is 2.30. The van der Waals surface area contributed by atoms with Gasteiger partial charge in [0.1, 0.15) is 5.58 Å². The van der Waals surface area contributed by atoms with E-state index in [1.807, 2.05) is 19.2 Å². The smallest absolute Gasteiger partial charge is 0.175 e. The lowest BCUT2D eigenvalue weighted by molar-refractivity contribution is 0.302. The average molecular weight is 221 g/mol. The minimum absolute atomic E-state index is 0.0522. The van der Waals surface area contributed by atoms with Crippen molar-refractivity contribution in [3.8, 4) is 0 Å². The molecule has 3 heteroatoms. The Morgan fingerprint density at radius 1 is 1.53 bits per heavy atom. The zero-order valence-electron chi connectivity index (χ0n) is 8.46. The summed E-state index contributed by atoms with van der Waals surface area (Å²) in [4.78, 5) is 2.11. The topological polar surface area (TPSA) is 16.4 Å². The molecule has 0 aliphatic carbocycles. The van der Waals surface area contributed by atoms with E-state index in [0.29, 0.717) is 0 Å². The SMILES string of the molecule is CN1Cc2[c]oc3cccc(c23)CC1Cl. The highest BCUT2D eigenvalue weighted by Gasteiger charge is 2.22. The summed E-state index contributed by atoms with van der Waals surface area (Å²) in [6.07, 6.45) is 3.83. The van der Waals surface area contributed by atoms with Gasteiger partial charge < -0.3 is 4.42 Å². The first kappa shape index (κ1) is 9.25. The fraction of sp³-hybridized carbons (Fsp3) is 0.333. The van der Waals surface area contributed by atoms with Crippen LogP contribution in [0.2, 0.25) is 0 Å². The van der Waals surface area contributed by atoms with Crippen LogP contribution in [-0.4, -0.2) is 17.4 Å². The van der Waals surface area contributed by atoms with Crippen molar-refractivity contribution < 1.29 is 4.42 Å². The van der Waals surface area contributed by atoms with Crippen molar-refractivity contribution in [1.29, 1.82) is 0 Å². The van der Waals surface area contributed by atoms with Crippen LogP contribution in [-0.2, 0) is 13.0 Å². The van der Waals surface area contributed by atoms with Gasteiger partial charge in [0, 0.05) is 23.9 Å². The van der Waals surface area contributed by atoms with Gasteiger partial charge in [-0.25, -0.2) is 0 Å². The Morgan fingerprint density at radius 3 is 3.27 bits per heavy atom. The van der Waals surface area contributed by atoms with Gasteiger partial charge >= 0.3 is 0 Å². The lowest BCUT2D eigenvalue weighted by Gasteiger charge is -2.19. The monoisotopic (exact) mass is 220 g/mol. The summed E-state index contributed by atoms with van der Waals surface area (Å²) in [6, 6.07) is 6.10. The Morgan fingerprint density at radius 2 is 2.40 bits per heavy atom. The van der Waals surface area contributed by atoms with Crippen molar-refractivity contribution in [2.75, 3.05) is 7.05 Å². The molecule has 0 N–H and O–H groups in total. The van der Waals surface area contributed by atoms with Gasteiger partial charge in [0.2, 0.25) is 0 Å². The van der Waals surface area contributed by atoms with Gasteiger partial charge in [-0.1, -0.05) is 12.1 Å². The molecule has 1 atom stereocenters. The summed E-state index contributed by atoms with van der Waals surface area (Å²) in [5.41, 5.74) is 3.35. The van der Waals surface area contributed by atoms with Crippen molar-refractivity contribution in [3.05, 3.63) is 35.6 Å². The highest BCUT2D eigenvalue weighted by molar-refractivity contribution is 6.20. The van der Waals surface area contributed by atoms with Crippen LogP contribution in [0, 0.1) is 6.26 Å². The minimum atomic E-state index is 0.0522. The maximum absolute atomic E-state index is 6.29. The maximum atomic E-state index is 6.29. The number of furan rings is 1. The Labute approximate surface area is 93.4 Å². The molecule has 1 radical (unpaired) electrons. The van der Waals surface area contributed by atoms with Gasteiger partial charge in [0.05, 0.1) is 5.50 Å². The number of nitrogens with zero attached hydrogens (tertiary/aromatic N) is 1. The molecule has 1 aliphatic heterocycles. The van der Waals surface area contributed by atoms with Crippen molar-refractivity contribution in [1.82, 2.24) is 4.90 Å². The molecule has 77 valence electrons. The zero-order chi connectivity index (χ0) is 10.4.